The molecule has 1 unspecified atom stereocenters. The summed E-state index contributed by atoms with van der Waals surface area (Å²) in [6.07, 6.45) is 14.3. The van der Waals surface area contributed by atoms with Crippen LogP contribution in [0, 0.1) is 0 Å². The molecule has 0 aliphatic heterocycles. The lowest BCUT2D eigenvalue weighted by molar-refractivity contribution is -0.129. The first-order chi connectivity index (χ1) is 10.0. The molecule has 0 aromatic heterocycles. The minimum atomic E-state index is -3.75. The summed E-state index contributed by atoms with van der Waals surface area (Å²) in [5.74, 6) is -0.740. The van der Waals surface area contributed by atoms with E-state index >= 15 is 0 Å². The van der Waals surface area contributed by atoms with Crippen LogP contribution in [0.4, 0.5) is 0 Å². The highest BCUT2D eigenvalue weighted by molar-refractivity contribution is 7.53. The van der Waals surface area contributed by atoms with E-state index < -0.39 is 13.6 Å². The standard InChI is InChI=1S/C16H31O4P/c1-3-5-6-7-8-9-10-11-12-13-15-21(18,19)20-16(17)14-4-2/h4,14H,3,5-13,15H2,1-2H3,(H,18,19). The van der Waals surface area contributed by atoms with E-state index in [0.717, 1.165) is 18.9 Å². The van der Waals surface area contributed by atoms with E-state index in [-0.39, 0.29) is 6.16 Å². The van der Waals surface area contributed by atoms with Crippen LogP contribution < -0.4 is 0 Å². The van der Waals surface area contributed by atoms with Crippen LogP contribution in [0.1, 0.15) is 78.1 Å². The molecule has 1 N–H and O–H groups in total. The van der Waals surface area contributed by atoms with Crippen LogP contribution in [0.5, 0.6) is 0 Å². The van der Waals surface area contributed by atoms with Gasteiger partial charge in [-0.2, -0.15) is 0 Å². The molecule has 0 bridgehead atoms. The molecule has 0 aliphatic rings. The Morgan fingerprint density at radius 1 is 1.00 bits per heavy atom. The third kappa shape index (κ3) is 14.1. The molecule has 1 atom stereocenters. The predicted octanol–water partition coefficient (Wildman–Crippen LogP) is 5.21. The lowest BCUT2D eigenvalue weighted by Crippen LogP contribution is -2.01. The first kappa shape index (κ1) is 20.4. The Labute approximate surface area is 129 Å². The number of carbonyl (C=O) groups is 1. The molecule has 0 rings (SSSR count). The average molecular weight is 318 g/mol. The summed E-state index contributed by atoms with van der Waals surface area (Å²) in [5, 5.41) is 0. The molecular formula is C16H31O4P. The molecule has 0 fully saturated rings. The van der Waals surface area contributed by atoms with E-state index in [2.05, 4.69) is 11.4 Å². The van der Waals surface area contributed by atoms with Gasteiger partial charge >= 0.3 is 13.6 Å². The fraction of sp³-hybridized carbons (Fsp3) is 0.812. The van der Waals surface area contributed by atoms with Gasteiger partial charge in [0, 0.05) is 6.08 Å². The van der Waals surface area contributed by atoms with Gasteiger partial charge in [-0.25, -0.2) is 9.36 Å². The van der Waals surface area contributed by atoms with Gasteiger partial charge in [-0.1, -0.05) is 70.8 Å². The molecule has 0 saturated carbocycles. The maximum absolute atomic E-state index is 11.6. The van der Waals surface area contributed by atoms with Crippen LogP contribution in [-0.4, -0.2) is 17.0 Å². The predicted molar refractivity (Wildman–Crippen MR) is 87.4 cm³/mol. The van der Waals surface area contributed by atoms with Gasteiger partial charge < -0.3 is 9.42 Å². The van der Waals surface area contributed by atoms with E-state index in [1.807, 2.05) is 0 Å². The largest absolute Gasteiger partial charge is 0.388 e. The molecule has 0 heterocycles. The highest BCUT2D eigenvalue weighted by Crippen LogP contribution is 2.43. The molecule has 0 amide bonds. The smallest absolute Gasteiger partial charge is 0.378 e. The SMILES string of the molecule is CC=CC(=O)OP(=O)(O)CCCCCCCCCCCC. The molecule has 0 aliphatic carbocycles. The van der Waals surface area contributed by atoms with E-state index in [4.69, 9.17) is 0 Å². The van der Waals surface area contributed by atoms with Crippen molar-refractivity contribution in [1.82, 2.24) is 0 Å². The van der Waals surface area contributed by atoms with Crippen LogP contribution >= 0.6 is 7.60 Å². The first-order valence-corrected chi connectivity index (χ1v) is 9.96. The minimum Gasteiger partial charge on any atom is -0.388 e. The molecule has 124 valence electrons. The number of carbonyl (C=O) groups excluding carboxylic acids is 1. The molecule has 4 nitrogen and oxygen atoms in total. The Balaban J connectivity index is 3.49. The highest BCUT2D eigenvalue weighted by Gasteiger charge is 2.21. The van der Waals surface area contributed by atoms with Crippen molar-refractivity contribution in [3.63, 3.8) is 0 Å². The van der Waals surface area contributed by atoms with Gasteiger partial charge in [-0.3, -0.25) is 0 Å². The van der Waals surface area contributed by atoms with Crippen molar-refractivity contribution < 1.29 is 18.8 Å². The van der Waals surface area contributed by atoms with Crippen LogP contribution in [-0.2, 0) is 13.9 Å². The summed E-state index contributed by atoms with van der Waals surface area (Å²) in [5.41, 5.74) is 0. The van der Waals surface area contributed by atoms with Gasteiger partial charge in [-0.15, -0.1) is 0 Å². The summed E-state index contributed by atoms with van der Waals surface area (Å²) < 4.78 is 16.2. The van der Waals surface area contributed by atoms with Crippen LogP contribution in [0.15, 0.2) is 12.2 Å². The van der Waals surface area contributed by atoms with Crippen LogP contribution in [0.2, 0.25) is 0 Å². The zero-order valence-corrected chi connectivity index (χ0v) is 14.4. The van der Waals surface area contributed by atoms with E-state index in [1.54, 1.807) is 6.92 Å². The number of hydrogen-bond acceptors (Lipinski definition) is 3. The van der Waals surface area contributed by atoms with Crippen LogP contribution in [0.25, 0.3) is 0 Å². The van der Waals surface area contributed by atoms with Crippen molar-refractivity contribution >= 4 is 13.6 Å². The van der Waals surface area contributed by atoms with Crippen molar-refractivity contribution in [2.75, 3.05) is 6.16 Å². The number of rotatable bonds is 13. The average Bonchev–Trinajstić information content (AvgIpc) is 2.40. The highest BCUT2D eigenvalue weighted by atomic mass is 31.2. The van der Waals surface area contributed by atoms with Gasteiger partial charge in [0.15, 0.2) is 0 Å². The monoisotopic (exact) mass is 318 g/mol. The number of allylic oxidation sites excluding steroid dienone is 1. The minimum absolute atomic E-state index is 0.0623. The second kappa shape index (κ2) is 13.1. The summed E-state index contributed by atoms with van der Waals surface area (Å²) in [7, 11) is -3.75. The maximum Gasteiger partial charge on any atom is 0.378 e. The van der Waals surface area contributed by atoms with Gasteiger partial charge in [0.05, 0.1) is 6.16 Å². The van der Waals surface area contributed by atoms with Crippen molar-refractivity contribution in [2.24, 2.45) is 0 Å². The quantitative estimate of drug-likeness (QED) is 0.287. The van der Waals surface area contributed by atoms with Crippen molar-refractivity contribution in [3.8, 4) is 0 Å². The molecular weight excluding hydrogens is 287 g/mol. The van der Waals surface area contributed by atoms with E-state index in [9.17, 15) is 14.3 Å². The van der Waals surface area contributed by atoms with Gasteiger partial charge in [0.25, 0.3) is 0 Å². The third-order valence-electron chi connectivity index (χ3n) is 3.33. The summed E-state index contributed by atoms with van der Waals surface area (Å²) >= 11 is 0. The van der Waals surface area contributed by atoms with Gasteiger partial charge in [-0.05, 0) is 13.3 Å². The Morgan fingerprint density at radius 3 is 1.95 bits per heavy atom. The zero-order valence-electron chi connectivity index (χ0n) is 13.6. The lowest BCUT2D eigenvalue weighted by Gasteiger charge is -2.10. The van der Waals surface area contributed by atoms with Crippen LogP contribution in [0.3, 0.4) is 0 Å². The Hall–Kier alpha value is -0.600. The topological polar surface area (TPSA) is 63.6 Å². The van der Waals surface area contributed by atoms with Crippen molar-refractivity contribution in [3.05, 3.63) is 12.2 Å². The second-order valence-electron chi connectivity index (χ2n) is 5.45. The Morgan fingerprint density at radius 2 is 1.48 bits per heavy atom. The summed E-state index contributed by atoms with van der Waals surface area (Å²) in [6, 6.07) is 0. The number of unbranched alkanes of at least 4 members (excludes halogenated alkanes) is 9. The fourth-order valence-electron chi connectivity index (χ4n) is 2.15. The Bertz CT molecular complexity index is 339. The maximum atomic E-state index is 11.6. The molecule has 0 radical (unpaired) electrons. The normalized spacial score (nSPS) is 14.2. The first-order valence-electron chi connectivity index (χ1n) is 8.20. The summed E-state index contributed by atoms with van der Waals surface area (Å²) in [4.78, 5) is 20.6. The van der Waals surface area contributed by atoms with Crippen molar-refractivity contribution in [1.29, 1.82) is 0 Å². The van der Waals surface area contributed by atoms with E-state index in [0.29, 0.717) is 6.42 Å². The molecule has 5 heteroatoms. The van der Waals surface area contributed by atoms with Gasteiger partial charge in [0.1, 0.15) is 0 Å². The fourth-order valence-corrected chi connectivity index (χ4v) is 3.21. The molecule has 0 aromatic carbocycles. The second-order valence-corrected chi connectivity index (χ2v) is 7.36. The van der Waals surface area contributed by atoms with Gasteiger partial charge in [0.2, 0.25) is 0 Å². The molecule has 0 saturated heterocycles. The Kier molecular flexibility index (Phi) is 12.7. The molecule has 0 aromatic rings. The number of hydrogen-bond donors (Lipinski definition) is 1. The van der Waals surface area contributed by atoms with Crippen molar-refractivity contribution in [2.45, 2.75) is 78.1 Å². The molecule has 21 heavy (non-hydrogen) atoms. The zero-order chi connectivity index (χ0) is 16.0. The summed E-state index contributed by atoms with van der Waals surface area (Å²) in [6.45, 7) is 3.88. The third-order valence-corrected chi connectivity index (χ3v) is 4.68. The molecule has 0 spiro atoms. The lowest BCUT2D eigenvalue weighted by atomic mass is 10.1. The van der Waals surface area contributed by atoms with E-state index in [1.165, 1.54) is 51.0 Å².